The van der Waals surface area contributed by atoms with Crippen LogP contribution in [0.2, 0.25) is 0 Å². The molecular formula is C14H21N3O2. The predicted octanol–water partition coefficient (Wildman–Crippen LogP) is 1.37. The van der Waals surface area contributed by atoms with Crippen LogP contribution in [0.1, 0.15) is 30.6 Å². The Morgan fingerprint density at radius 3 is 2.68 bits per heavy atom. The molecule has 1 aromatic carbocycles. The van der Waals surface area contributed by atoms with Crippen LogP contribution in [0, 0.1) is 0 Å². The summed E-state index contributed by atoms with van der Waals surface area (Å²) in [6.45, 7) is 4.35. The molecule has 1 aromatic rings. The number of hydrogen-bond acceptors (Lipinski definition) is 3. The summed E-state index contributed by atoms with van der Waals surface area (Å²) in [6.07, 6.45) is 0.972. The van der Waals surface area contributed by atoms with E-state index >= 15 is 0 Å². The van der Waals surface area contributed by atoms with Crippen molar-refractivity contribution in [3.8, 4) is 0 Å². The lowest BCUT2D eigenvalue weighted by molar-refractivity contribution is -0.115. The summed E-state index contributed by atoms with van der Waals surface area (Å²) in [7, 11) is 1.57. The predicted molar refractivity (Wildman–Crippen MR) is 76.2 cm³/mol. The van der Waals surface area contributed by atoms with Gasteiger partial charge in [-0.15, -0.1) is 0 Å². The second kappa shape index (κ2) is 7.53. The van der Waals surface area contributed by atoms with Crippen molar-refractivity contribution in [2.45, 2.75) is 26.3 Å². The quantitative estimate of drug-likeness (QED) is 0.726. The second-order valence-electron chi connectivity index (χ2n) is 4.40. The Labute approximate surface area is 113 Å². The molecule has 5 heteroatoms. The molecule has 1 atom stereocenters. The third-order valence-corrected chi connectivity index (χ3v) is 2.86. The van der Waals surface area contributed by atoms with Crippen molar-refractivity contribution in [2.24, 2.45) is 0 Å². The first kappa shape index (κ1) is 15.2. The molecule has 0 aliphatic rings. The van der Waals surface area contributed by atoms with Gasteiger partial charge in [0.15, 0.2) is 0 Å². The van der Waals surface area contributed by atoms with Gasteiger partial charge in [0.2, 0.25) is 5.91 Å². The Hall–Kier alpha value is -1.88. The van der Waals surface area contributed by atoms with Gasteiger partial charge in [-0.2, -0.15) is 0 Å². The number of carbonyl (C=O) groups is 2. The molecule has 104 valence electrons. The highest BCUT2D eigenvalue weighted by atomic mass is 16.2. The van der Waals surface area contributed by atoms with E-state index in [1.54, 1.807) is 31.3 Å². The second-order valence-corrected chi connectivity index (χ2v) is 4.40. The first-order chi connectivity index (χ1) is 9.06. The number of carbonyl (C=O) groups excluding carboxylic acids is 2. The fourth-order valence-electron chi connectivity index (χ4n) is 1.50. The van der Waals surface area contributed by atoms with Crippen LogP contribution in [0.3, 0.4) is 0 Å². The molecule has 1 rings (SSSR count). The van der Waals surface area contributed by atoms with E-state index in [0.717, 1.165) is 6.42 Å². The van der Waals surface area contributed by atoms with Gasteiger partial charge in [0.25, 0.3) is 5.91 Å². The molecule has 5 nitrogen and oxygen atoms in total. The molecule has 0 saturated carbocycles. The summed E-state index contributed by atoms with van der Waals surface area (Å²) in [4.78, 5) is 23.2. The van der Waals surface area contributed by atoms with Crippen molar-refractivity contribution in [3.63, 3.8) is 0 Å². The summed E-state index contributed by atoms with van der Waals surface area (Å²) in [5, 5.41) is 8.41. The Kier molecular flexibility index (Phi) is 6.02. The number of anilines is 1. The number of hydrogen-bond donors (Lipinski definition) is 3. The Morgan fingerprint density at radius 1 is 1.32 bits per heavy atom. The molecular weight excluding hydrogens is 242 g/mol. The summed E-state index contributed by atoms with van der Waals surface area (Å²) in [6, 6.07) is 7.16. The minimum absolute atomic E-state index is 0.116. The van der Waals surface area contributed by atoms with Gasteiger partial charge in [-0.3, -0.25) is 9.59 Å². The standard InChI is InChI=1S/C14H21N3O2/c1-4-10(2)16-9-13(18)17-12-7-5-6-11(8-12)14(19)15-3/h5-8,10,16H,4,9H2,1-3H3,(H,15,19)(H,17,18). The van der Waals surface area contributed by atoms with E-state index in [2.05, 4.69) is 22.9 Å². The van der Waals surface area contributed by atoms with Crippen LogP contribution in [0.15, 0.2) is 24.3 Å². The van der Waals surface area contributed by atoms with Gasteiger partial charge in [-0.05, 0) is 31.5 Å². The normalized spacial score (nSPS) is 11.7. The Balaban J connectivity index is 2.57. The fraction of sp³-hybridized carbons (Fsp3) is 0.429. The molecule has 0 saturated heterocycles. The molecule has 3 N–H and O–H groups in total. The van der Waals surface area contributed by atoms with Crippen LogP contribution in [-0.4, -0.2) is 31.4 Å². The number of amides is 2. The van der Waals surface area contributed by atoms with Gasteiger partial charge in [0, 0.05) is 24.3 Å². The van der Waals surface area contributed by atoms with Crippen LogP contribution in [0.4, 0.5) is 5.69 Å². The van der Waals surface area contributed by atoms with E-state index in [-0.39, 0.29) is 18.4 Å². The van der Waals surface area contributed by atoms with Crippen molar-refractivity contribution in [2.75, 3.05) is 18.9 Å². The first-order valence-corrected chi connectivity index (χ1v) is 6.42. The molecule has 0 aliphatic carbocycles. The fourth-order valence-corrected chi connectivity index (χ4v) is 1.50. The van der Waals surface area contributed by atoms with Crippen LogP contribution in [-0.2, 0) is 4.79 Å². The van der Waals surface area contributed by atoms with Crippen LogP contribution in [0.5, 0.6) is 0 Å². The highest BCUT2D eigenvalue weighted by Gasteiger charge is 2.07. The van der Waals surface area contributed by atoms with E-state index in [1.807, 2.05) is 6.92 Å². The van der Waals surface area contributed by atoms with Gasteiger partial charge in [0.05, 0.1) is 6.54 Å². The Bertz CT molecular complexity index is 446. The van der Waals surface area contributed by atoms with Crippen molar-refractivity contribution in [3.05, 3.63) is 29.8 Å². The number of nitrogens with one attached hydrogen (secondary N) is 3. The zero-order valence-electron chi connectivity index (χ0n) is 11.6. The largest absolute Gasteiger partial charge is 0.355 e. The van der Waals surface area contributed by atoms with E-state index in [4.69, 9.17) is 0 Å². The summed E-state index contributed by atoms with van der Waals surface area (Å²) < 4.78 is 0. The molecule has 0 aliphatic heterocycles. The molecule has 19 heavy (non-hydrogen) atoms. The maximum atomic E-state index is 11.7. The topological polar surface area (TPSA) is 70.2 Å². The molecule has 2 amide bonds. The number of benzene rings is 1. The Morgan fingerprint density at radius 2 is 2.05 bits per heavy atom. The number of rotatable bonds is 6. The SMILES string of the molecule is CCC(C)NCC(=O)Nc1cccc(C(=O)NC)c1. The zero-order chi connectivity index (χ0) is 14.3. The average Bonchev–Trinajstić information content (AvgIpc) is 2.44. The zero-order valence-corrected chi connectivity index (χ0v) is 11.6. The third kappa shape index (κ3) is 5.09. The summed E-state index contributed by atoms with van der Waals surface area (Å²) in [5.74, 6) is -0.289. The molecule has 1 unspecified atom stereocenters. The lowest BCUT2D eigenvalue weighted by atomic mass is 10.2. The van der Waals surface area contributed by atoms with E-state index in [9.17, 15) is 9.59 Å². The van der Waals surface area contributed by atoms with Gasteiger partial charge in [-0.25, -0.2) is 0 Å². The highest BCUT2D eigenvalue weighted by Crippen LogP contribution is 2.10. The maximum Gasteiger partial charge on any atom is 0.251 e. The van der Waals surface area contributed by atoms with Crippen molar-refractivity contribution in [1.29, 1.82) is 0 Å². The van der Waals surface area contributed by atoms with Crippen molar-refractivity contribution < 1.29 is 9.59 Å². The van der Waals surface area contributed by atoms with Gasteiger partial charge < -0.3 is 16.0 Å². The van der Waals surface area contributed by atoms with E-state index < -0.39 is 0 Å². The minimum atomic E-state index is -0.172. The van der Waals surface area contributed by atoms with Crippen molar-refractivity contribution >= 4 is 17.5 Å². The molecule has 0 aromatic heterocycles. The maximum absolute atomic E-state index is 11.7. The molecule has 0 bridgehead atoms. The minimum Gasteiger partial charge on any atom is -0.355 e. The molecule has 0 radical (unpaired) electrons. The van der Waals surface area contributed by atoms with Crippen LogP contribution >= 0.6 is 0 Å². The van der Waals surface area contributed by atoms with Crippen LogP contribution in [0.25, 0.3) is 0 Å². The molecule has 0 spiro atoms. The monoisotopic (exact) mass is 263 g/mol. The summed E-state index contributed by atoms with van der Waals surface area (Å²) >= 11 is 0. The van der Waals surface area contributed by atoms with Gasteiger partial charge in [0.1, 0.15) is 0 Å². The summed E-state index contributed by atoms with van der Waals surface area (Å²) in [5.41, 5.74) is 1.15. The third-order valence-electron chi connectivity index (χ3n) is 2.86. The molecule has 0 heterocycles. The van der Waals surface area contributed by atoms with E-state index in [1.165, 1.54) is 0 Å². The van der Waals surface area contributed by atoms with E-state index in [0.29, 0.717) is 17.3 Å². The smallest absolute Gasteiger partial charge is 0.251 e. The van der Waals surface area contributed by atoms with Gasteiger partial charge >= 0.3 is 0 Å². The van der Waals surface area contributed by atoms with Crippen molar-refractivity contribution in [1.82, 2.24) is 10.6 Å². The van der Waals surface area contributed by atoms with Crippen LogP contribution < -0.4 is 16.0 Å². The average molecular weight is 263 g/mol. The molecule has 0 fully saturated rings. The highest BCUT2D eigenvalue weighted by molar-refractivity contribution is 5.97. The first-order valence-electron chi connectivity index (χ1n) is 6.42. The lowest BCUT2D eigenvalue weighted by Crippen LogP contribution is -2.34. The van der Waals surface area contributed by atoms with Gasteiger partial charge in [-0.1, -0.05) is 13.0 Å². The lowest BCUT2D eigenvalue weighted by Gasteiger charge is -2.11.